The first kappa shape index (κ1) is 13.0. The molecule has 16 heavy (non-hydrogen) atoms. The Hall–Kier alpha value is -1.02. The smallest absolute Gasteiger partial charge is 0.170 e. The summed E-state index contributed by atoms with van der Waals surface area (Å²) < 4.78 is 0. The molecule has 88 valence electrons. The Balaban J connectivity index is 3.31. The highest BCUT2D eigenvalue weighted by Gasteiger charge is 2.25. The van der Waals surface area contributed by atoms with Crippen LogP contribution >= 0.6 is 11.6 Å². The molecule has 0 saturated heterocycles. The van der Waals surface area contributed by atoms with Crippen molar-refractivity contribution < 1.29 is 4.79 Å². The Kier molecular flexibility index (Phi) is 3.64. The molecule has 0 atom stereocenters. The summed E-state index contributed by atoms with van der Waals surface area (Å²) in [6, 6.07) is 5.42. The van der Waals surface area contributed by atoms with Crippen molar-refractivity contribution in [3.05, 3.63) is 28.8 Å². The molecule has 0 bridgehead atoms. The third-order valence-electron chi connectivity index (χ3n) is 2.37. The second-order valence-corrected chi connectivity index (χ2v) is 5.57. The van der Waals surface area contributed by atoms with E-state index in [1.807, 2.05) is 45.8 Å². The van der Waals surface area contributed by atoms with E-state index in [2.05, 4.69) is 0 Å². The van der Waals surface area contributed by atoms with E-state index >= 15 is 0 Å². The van der Waals surface area contributed by atoms with E-state index in [4.69, 9.17) is 11.6 Å². The van der Waals surface area contributed by atoms with Crippen LogP contribution in [0.2, 0.25) is 5.02 Å². The van der Waals surface area contributed by atoms with Crippen LogP contribution in [0.4, 0.5) is 5.69 Å². The summed E-state index contributed by atoms with van der Waals surface area (Å²) in [5, 5.41) is 0.596. The summed E-state index contributed by atoms with van der Waals surface area (Å²) in [7, 11) is 3.84. The number of carbonyl (C=O) groups excluding carboxylic acids is 1. The quantitative estimate of drug-likeness (QED) is 0.735. The van der Waals surface area contributed by atoms with Gasteiger partial charge in [-0.1, -0.05) is 32.4 Å². The topological polar surface area (TPSA) is 20.3 Å². The largest absolute Gasteiger partial charge is 0.377 e. The lowest BCUT2D eigenvalue weighted by Gasteiger charge is -2.22. The standard InChI is InChI=1S/C13H18ClNO/c1-13(2,3)12(16)10-8-9(14)6-7-11(10)15(4)5/h6-8H,1-5H3. The maximum atomic E-state index is 12.3. The SMILES string of the molecule is CN(C)c1ccc(Cl)cc1C(=O)C(C)(C)C. The summed E-state index contributed by atoms with van der Waals surface area (Å²) in [4.78, 5) is 14.2. The van der Waals surface area contributed by atoms with Crippen LogP contribution in [-0.4, -0.2) is 19.9 Å². The highest BCUT2D eigenvalue weighted by molar-refractivity contribution is 6.31. The zero-order chi connectivity index (χ0) is 12.5. The number of ketones is 1. The van der Waals surface area contributed by atoms with Gasteiger partial charge in [0.1, 0.15) is 0 Å². The number of rotatable bonds is 2. The molecule has 0 fully saturated rings. The maximum Gasteiger partial charge on any atom is 0.170 e. The number of carbonyl (C=O) groups is 1. The van der Waals surface area contributed by atoms with Crippen LogP contribution in [0.1, 0.15) is 31.1 Å². The first-order valence-electron chi connectivity index (χ1n) is 5.25. The van der Waals surface area contributed by atoms with Crippen molar-refractivity contribution in [2.24, 2.45) is 5.41 Å². The van der Waals surface area contributed by atoms with Crippen LogP contribution in [-0.2, 0) is 0 Å². The average molecular weight is 240 g/mol. The van der Waals surface area contributed by atoms with Crippen molar-refractivity contribution in [1.82, 2.24) is 0 Å². The van der Waals surface area contributed by atoms with E-state index in [1.54, 1.807) is 12.1 Å². The maximum absolute atomic E-state index is 12.3. The number of nitrogens with zero attached hydrogens (tertiary/aromatic N) is 1. The molecule has 1 rings (SSSR count). The second-order valence-electron chi connectivity index (χ2n) is 5.14. The lowest BCUT2D eigenvalue weighted by atomic mass is 9.86. The zero-order valence-corrected chi connectivity index (χ0v) is 11.2. The molecule has 0 aliphatic heterocycles. The van der Waals surface area contributed by atoms with Crippen LogP contribution in [0.3, 0.4) is 0 Å². The Morgan fingerprint density at radius 2 is 1.81 bits per heavy atom. The molecule has 2 nitrogen and oxygen atoms in total. The molecule has 0 spiro atoms. The van der Waals surface area contributed by atoms with E-state index in [0.717, 1.165) is 5.69 Å². The predicted octanol–water partition coefficient (Wildman–Crippen LogP) is 3.63. The molecule has 0 amide bonds. The third-order valence-corrected chi connectivity index (χ3v) is 2.60. The van der Waals surface area contributed by atoms with Gasteiger partial charge in [0, 0.05) is 35.8 Å². The van der Waals surface area contributed by atoms with Crippen molar-refractivity contribution in [2.45, 2.75) is 20.8 Å². The zero-order valence-electron chi connectivity index (χ0n) is 10.5. The lowest BCUT2D eigenvalue weighted by molar-refractivity contribution is 0.0859. The number of hydrogen-bond acceptors (Lipinski definition) is 2. The van der Waals surface area contributed by atoms with Gasteiger partial charge < -0.3 is 4.90 Å². The molecule has 3 heteroatoms. The molecular weight excluding hydrogens is 222 g/mol. The molecule has 1 aromatic carbocycles. The first-order valence-corrected chi connectivity index (χ1v) is 5.63. The average Bonchev–Trinajstić information content (AvgIpc) is 2.14. The fourth-order valence-corrected chi connectivity index (χ4v) is 1.66. The van der Waals surface area contributed by atoms with Crippen LogP contribution in [0.25, 0.3) is 0 Å². The van der Waals surface area contributed by atoms with Crippen LogP contribution in [0, 0.1) is 5.41 Å². The lowest BCUT2D eigenvalue weighted by Crippen LogP contribution is -2.23. The van der Waals surface area contributed by atoms with Gasteiger partial charge in [0.05, 0.1) is 0 Å². The second kappa shape index (κ2) is 4.46. The summed E-state index contributed by atoms with van der Waals surface area (Å²) in [6.45, 7) is 5.74. The number of halogens is 1. The molecule has 0 unspecified atom stereocenters. The molecule has 0 radical (unpaired) electrons. The summed E-state index contributed by atoms with van der Waals surface area (Å²) in [6.07, 6.45) is 0. The minimum absolute atomic E-state index is 0.110. The van der Waals surface area contributed by atoms with Gasteiger partial charge in [0.15, 0.2) is 5.78 Å². The Labute approximate surface area is 102 Å². The first-order chi connectivity index (χ1) is 7.23. The van der Waals surface area contributed by atoms with Gasteiger partial charge in [-0.3, -0.25) is 4.79 Å². The fourth-order valence-electron chi connectivity index (χ4n) is 1.48. The molecule has 0 aromatic heterocycles. The van der Waals surface area contributed by atoms with Gasteiger partial charge in [-0.25, -0.2) is 0 Å². The van der Waals surface area contributed by atoms with Crippen LogP contribution in [0.15, 0.2) is 18.2 Å². The summed E-state index contributed by atoms with van der Waals surface area (Å²) in [5.74, 6) is 0.110. The van der Waals surface area contributed by atoms with Gasteiger partial charge in [-0.05, 0) is 18.2 Å². The Morgan fingerprint density at radius 1 is 1.25 bits per heavy atom. The third kappa shape index (κ3) is 2.76. The Morgan fingerprint density at radius 3 is 2.25 bits per heavy atom. The van der Waals surface area contributed by atoms with Crippen molar-refractivity contribution in [3.63, 3.8) is 0 Å². The highest BCUT2D eigenvalue weighted by Crippen LogP contribution is 2.29. The monoisotopic (exact) mass is 239 g/mol. The molecular formula is C13H18ClNO. The number of hydrogen-bond donors (Lipinski definition) is 0. The predicted molar refractivity (Wildman–Crippen MR) is 69.6 cm³/mol. The number of anilines is 1. The van der Waals surface area contributed by atoms with Crippen molar-refractivity contribution in [2.75, 3.05) is 19.0 Å². The summed E-state index contributed by atoms with van der Waals surface area (Å²) in [5.41, 5.74) is 1.20. The Bertz CT molecular complexity index is 405. The van der Waals surface area contributed by atoms with E-state index in [9.17, 15) is 4.79 Å². The van der Waals surface area contributed by atoms with Crippen LogP contribution in [0.5, 0.6) is 0 Å². The molecule has 0 heterocycles. The highest BCUT2D eigenvalue weighted by atomic mass is 35.5. The van der Waals surface area contributed by atoms with Gasteiger partial charge in [0.2, 0.25) is 0 Å². The molecule has 0 saturated carbocycles. The van der Waals surface area contributed by atoms with E-state index in [1.165, 1.54) is 0 Å². The van der Waals surface area contributed by atoms with Crippen LogP contribution < -0.4 is 4.90 Å². The molecule has 0 N–H and O–H groups in total. The normalized spacial score (nSPS) is 11.4. The van der Waals surface area contributed by atoms with Gasteiger partial charge in [-0.2, -0.15) is 0 Å². The van der Waals surface area contributed by atoms with E-state index < -0.39 is 5.41 Å². The van der Waals surface area contributed by atoms with E-state index in [-0.39, 0.29) is 5.78 Å². The molecule has 0 aliphatic carbocycles. The van der Waals surface area contributed by atoms with Crippen molar-refractivity contribution in [1.29, 1.82) is 0 Å². The van der Waals surface area contributed by atoms with Gasteiger partial charge in [-0.15, -0.1) is 0 Å². The van der Waals surface area contributed by atoms with Crippen molar-refractivity contribution >= 4 is 23.1 Å². The molecule has 1 aromatic rings. The minimum Gasteiger partial charge on any atom is -0.377 e. The summed E-state index contributed by atoms with van der Waals surface area (Å²) >= 11 is 5.94. The molecule has 0 aliphatic rings. The van der Waals surface area contributed by atoms with E-state index in [0.29, 0.717) is 10.6 Å². The van der Waals surface area contributed by atoms with Gasteiger partial charge in [0.25, 0.3) is 0 Å². The minimum atomic E-state index is -0.393. The van der Waals surface area contributed by atoms with Crippen molar-refractivity contribution in [3.8, 4) is 0 Å². The fraction of sp³-hybridized carbons (Fsp3) is 0.462. The van der Waals surface area contributed by atoms with Gasteiger partial charge >= 0.3 is 0 Å². The number of benzene rings is 1. The number of Topliss-reactive ketones (excluding diaryl/α,β-unsaturated/α-hetero) is 1.